The fourth-order valence-corrected chi connectivity index (χ4v) is 3.02. The third-order valence-corrected chi connectivity index (χ3v) is 3.96. The quantitative estimate of drug-likeness (QED) is 0.598. The van der Waals surface area contributed by atoms with Crippen molar-refractivity contribution in [1.29, 1.82) is 0 Å². The molecule has 1 fully saturated rings. The lowest BCUT2D eigenvalue weighted by atomic mass is 9.81. The third-order valence-electron chi connectivity index (χ3n) is 3.67. The second kappa shape index (κ2) is 4.78. The molecule has 0 amide bonds. The van der Waals surface area contributed by atoms with Crippen molar-refractivity contribution in [1.82, 2.24) is 0 Å². The van der Waals surface area contributed by atoms with Gasteiger partial charge in [-0.25, -0.2) is 8.78 Å². The van der Waals surface area contributed by atoms with Crippen molar-refractivity contribution in [3.8, 4) is 0 Å². The predicted octanol–water partition coefficient (Wildman–Crippen LogP) is 4.39. The van der Waals surface area contributed by atoms with Crippen LogP contribution in [0.4, 0.5) is 8.78 Å². The van der Waals surface area contributed by atoms with E-state index < -0.39 is 34.5 Å². The summed E-state index contributed by atoms with van der Waals surface area (Å²) < 4.78 is 33.2. The Morgan fingerprint density at radius 2 is 1.85 bits per heavy atom. The number of benzene rings is 1. The molecule has 1 atom stereocenters. The molecule has 5 heteroatoms. The molecule has 1 aliphatic rings. The Morgan fingerprint density at radius 3 is 2.35 bits per heavy atom. The van der Waals surface area contributed by atoms with E-state index in [1.165, 1.54) is 0 Å². The van der Waals surface area contributed by atoms with E-state index in [-0.39, 0.29) is 10.6 Å². The van der Waals surface area contributed by atoms with Gasteiger partial charge >= 0.3 is 0 Å². The molecule has 1 aromatic carbocycles. The first-order valence-corrected chi connectivity index (χ1v) is 6.80. The molecule has 0 radical (unpaired) electrons. The molecular weight excluding hydrogens is 286 g/mol. The van der Waals surface area contributed by atoms with E-state index in [2.05, 4.69) is 0 Å². The predicted molar refractivity (Wildman–Crippen MR) is 73.0 cm³/mol. The summed E-state index contributed by atoms with van der Waals surface area (Å²) in [6.45, 7) is 7.32. The van der Waals surface area contributed by atoms with Gasteiger partial charge in [-0.1, -0.05) is 11.6 Å². The average molecular weight is 303 g/mol. The molecule has 2 nitrogen and oxygen atoms in total. The van der Waals surface area contributed by atoms with Crippen LogP contribution < -0.4 is 0 Å². The second-order valence-corrected chi connectivity index (χ2v) is 6.74. The normalized spacial score (nSPS) is 23.9. The van der Waals surface area contributed by atoms with Gasteiger partial charge in [0.15, 0.2) is 5.78 Å². The van der Waals surface area contributed by atoms with Crippen LogP contribution in [0.3, 0.4) is 0 Å². The zero-order valence-electron chi connectivity index (χ0n) is 11.9. The molecule has 0 saturated carbocycles. The first-order chi connectivity index (χ1) is 9.03. The van der Waals surface area contributed by atoms with Gasteiger partial charge in [-0.2, -0.15) is 0 Å². The van der Waals surface area contributed by atoms with E-state index in [9.17, 15) is 13.6 Å². The summed E-state index contributed by atoms with van der Waals surface area (Å²) in [7, 11) is 0. The Morgan fingerprint density at radius 1 is 1.25 bits per heavy atom. The first-order valence-electron chi connectivity index (χ1n) is 6.42. The molecule has 0 bridgehead atoms. The van der Waals surface area contributed by atoms with E-state index in [1.807, 2.05) is 13.8 Å². The lowest BCUT2D eigenvalue weighted by Crippen LogP contribution is -2.34. The minimum atomic E-state index is -0.804. The third kappa shape index (κ3) is 2.72. The maximum absolute atomic E-state index is 13.9. The molecule has 1 aromatic rings. The summed E-state index contributed by atoms with van der Waals surface area (Å²) in [4.78, 5) is 12.5. The fraction of sp³-hybridized carbons (Fsp3) is 0.533. The lowest BCUT2D eigenvalue weighted by molar-refractivity contribution is -0.0712. The summed E-state index contributed by atoms with van der Waals surface area (Å²) in [6.07, 6.45) is 0.461. The highest BCUT2D eigenvalue weighted by molar-refractivity contribution is 6.30. The van der Waals surface area contributed by atoms with Crippen molar-refractivity contribution in [2.75, 3.05) is 0 Å². The van der Waals surface area contributed by atoms with Crippen molar-refractivity contribution in [3.63, 3.8) is 0 Å². The molecule has 1 aliphatic heterocycles. The molecule has 1 unspecified atom stereocenters. The van der Waals surface area contributed by atoms with Crippen LogP contribution in [0, 0.1) is 17.6 Å². The number of carbonyl (C=O) groups excluding carboxylic acids is 1. The van der Waals surface area contributed by atoms with Crippen LogP contribution >= 0.6 is 11.6 Å². The summed E-state index contributed by atoms with van der Waals surface area (Å²) in [5.74, 6) is -2.57. The van der Waals surface area contributed by atoms with Crippen molar-refractivity contribution in [2.45, 2.75) is 45.3 Å². The van der Waals surface area contributed by atoms with Crippen molar-refractivity contribution < 1.29 is 18.3 Å². The number of Topliss-reactive ketones (excluding diaryl/α,β-unsaturated/α-hetero) is 1. The Balaban J connectivity index is 2.40. The van der Waals surface area contributed by atoms with Crippen molar-refractivity contribution in [2.24, 2.45) is 5.92 Å². The minimum Gasteiger partial charge on any atom is -0.369 e. The number of halogens is 3. The zero-order valence-corrected chi connectivity index (χ0v) is 12.6. The number of hydrogen-bond acceptors (Lipinski definition) is 2. The topological polar surface area (TPSA) is 26.3 Å². The van der Waals surface area contributed by atoms with Crippen LogP contribution in [0.5, 0.6) is 0 Å². The molecule has 1 saturated heterocycles. The number of hydrogen-bond donors (Lipinski definition) is 0. The van der Waals surface area contributed by atoms with Crippen LogP contribution in [0.15, 0.2) is 12.1 Å². The standard InChI is InChI=1S/C15H17ClF2O2/c1-14(2)7-9(15(3,4)20-14)13(19)8-5-12(18)10(16)6-11(8)17/h5-6,9H,7H2,1-4H3. The van der Waals surface area contributed by atoms with Crippen molar-refractivity contribution in [3.05, 3.63) is 34.4 Å². The molecule has 1 heterocycles. The molecule has 20 heavy (non-hydrogen) atoms. The summed E-state index contributed by atoms with van der Waals surface area (Å²) in [5, 5.41) is -0.332. The lowest BCUT2D eigenvalue weighted by Gasteiger charge is -2.26. The highest BCUT2D eigenvalue weighted by atomic mass is 35.5. The molecule has 0 N–H and O–H groups in total. The van der Waals surface area contributed by atoms with Crippen LogP contribution in [0.1, 0.15) is 44.5 Å². The Bertz CT molecular complexity index is 567. The monoisotopic (exact) mass is 302 g/mol. The van der Waals surface area contributed by atoms with Gasteiger partial charge in [0, 0.05) is 0 Å². The van der Waals surface area contributed by atoms with Gasteiger partial charge in [0.2, 0.25) is 0 Å². The average Bonchev–Trinajstić information content (AvgIpc) is 2.51. The van der Waals surface area contributed by atoms with E-state index >= 15 is 0 Å². The number of carbonyl (C=O) groups is 1. The zero-order chi connectivity index (χ0) is 15.3. The molecular formula is C15H17ClF2O2. The van der Waals surface area contributed by atoms with E-state index in [0.29, 0.717) is 6.42 Å². The minimum absolute atomic E-state index is 0.272. The van der Waals surface area contributed by atoms with Crippen LogP contribution in [-0.4, -0.2) is 17.0 Å². The number of ketones is 1. The maximum Gasteiger partial charge on any atom is 0.171 e. The second-order valence-electron chi connectivity index (χ2n) is 6.33. The van der Waals surface area contributed by atoms with E-state index in [1.54, 1.807) is 13.8 Å². The van der Waals surface area contributed by atoms with Gasteiger partial charge in [-0.15, -0.1) is 0 Å². The fourth-order valence-electron chi connectivity index (χ4n) is 2.87. The van der Waals surface area contributed by atoms with Gasteiger partial charge in [-0.3, -0.25) is 4.79 Å². The summed E-state index contributed by atoms with van der Waals surface area (Å²) in [5.41, 5.74) is -1.46. The molecule has 0 spiro atoms. The van der Waals surface area contributed by atoms with Crippen LogP contribution in [0.25, 0.3) is 0 Å². The Kier molecular flexibility index (Phi) is 3.68. The highest BCUT2D eigenvalue weighted by Gasteiger charge is 2.49. The molecule has 0 aromatic heterocycles. The van der Waals surface area contributed by atoms with Crippen LogP contribution in [0.2, 0.25) is 5.02 Å². The first kappa shape index (κ1) is 15.4. The van der Waals surface area contributed by atoms with E-state index in [4.69, 9.17) is 16.3 Å². The van der Waals surface area contributed by atoms with Gasteiger partial charge < -0.3 is 4.74 Å². The molecule has 2 rings (SSSR count). The Hall–Kier alpha value is -1.00. The summed E-state index contributed by atoms with van der Waals surface area (Å²) >= 11 is 5.50. The van der Waals surface area contributed by atoms with E-state index in [0.717, 1.165) is 12.1 Å². The maximum atomic E-state index is 13.9. The van der Waals surface area contributed by atoms with Gasteiger partial charge in [0.05, 0.1) is 27.7 Å². The van der Waals surface area contributed by atoms with Crippen LogP contribution in [-0.2, 0) is 4.74 Å². The van der Waals surface area contributed by atoms with Gasteiger partial charge in [-0.05, 0) is 46.2 Å². The van der Waals surface area contributed by atoms with Crippen molar-refractivity contribution >= 4 is 17.4 Å². The SMILES string of the molecule is CC1(C)CC(C(=O)c2cc(F)c(Cl)cc2F)C(C)(C)O1. The Labute approximate surface area is 122 Å². The van der Waals surface area contributed by atoms with Gasteiger partial charge in [0.1, 0.15) is 11.6 Å². The number of ether oxygens (including phenoxy) is 1. The molecule has 0 aliphatic carbocycles. The highest BCUT2D eigenvalue weighted by Crippen LogP contribution is 2.43. The number of rotatable bonds is 2. The summed E-state index contributed by atoms with van der Waals surface area (Å²) in [6, 6.07) is 1.69. The largest absolute Gasteiger partial charge is 0.369 e. The smallest absolute Gasteiger partial charge is 0.171 e. The molecule has 110 valence electrons. The van der Waals surface area contributed by atoms with Gasteiger partial charge in [0.25, 0.3) is 0 Å².